The average Bonchev–Trinajstić information content (AvgIpc) is 3.83. The molecule has 0 N–H and O–H groups in total. The molecule has 9 rings (SSSR count). The monoisotopic (exact) mass is 866 g/mol. The Labute approximate surface area is 398 Å². The molecule has 2 heteroatoms. The van der Waals surface area contributed by atoms with Gasteiger partial charge in [0.05, 0.1) is 6.04 Å². The van der Waals surface area contributed by atoms with E-state index < -0.39 is 0 Å². The minimum Gasteiger partial charge on any atom is -0.331 e. The molecule has 1 unspecified atom stereocenters. The van der Waals surface area contributed by atoms with Crippen LogP contribution in [0.5, 0.6) is 0 Å². The van der Waals surface area contributed by atoms with Crippen molar-refractivity contribution in [1.82, 2.24) is 0 Å². The van der Waals surface area contributed by atoms with Gasteiger partial charge in [-0.05, 0) is 124 Å². The molecule has 2 nitrogen and oxygen atoms in total. The minimum atomic E-state index is -0.0250. The Bertz CT molecular complexity index is 2930. The van der Waals surface area contributed by atoms with Crippen LogP contribution in [-0.2, 0) is 6.42 Å². The fraction of sp³-hybridized carbons (Fsp3) is 0.0769. The Morgan fingerprint density at radius 3 is 1.58 bits per heavy atom. The van der Waals surface area contributed by atoms with Crippen molar-refractivity contribution in [3.05, 3.63) is 302 Å². The lowest BCUT2D eigenvalue weighted by Gasteiger charge is -2.30. The first-order chi connectivity index (χ1) is 33.2. The Morgan fingerprint density at radius 2 is 1.01 bits per heavy atom. The van der Waals surface area contributed by atoms with Gasteiger partial charge < -0.3 is 9.80 Å². The van der Waals surface area contributed by atoms with Crippen molar-refractivity contribution in [1.29, 1.82) is 0 Å². The van der Waals surface area contributed by atoms with E-state index in [4.69, 9.17) is 0 Å². The SMILES string of the molecule is C=C/C=C(\C=C/Cc1ccccc1)N(c1ccc(C2=CC=CC(N(c3ccc(C4=CC=CC=CC4)cc3)c3ccc(-c4ccccc4)cc3)C=C2)cc1)c1ccc(-c2ccccc2)cc1.CC. The molecule has 2 aliphatic carbocycles. The van der Waals surface area contributed by atoms with Gasteiger partial charge >= 0.3 is 0 Å². The smallest absolute Gasteiger partial charge is 0.0712 e. The molecule has 67 heavy (non-hydrogen) atoms. The second-order valence-corrected chi connectivity index (χ2v) is 16.1. The van der Waals surface area contributed by atoms with Crippen molar-refractivity contribution >= 4 is 33.9 Å². The predicted octanol–water partition coefficient (Wildman–Crippen LogP) is 17.7. The van der Waals surface area contributed by atoms with Gasteiger partial charge in [0, 0.05) is 28.4 Å². The summed E-state index contributed by atoms with van der Waals surface area (Å²) in [7, 11) is 0. The Morgan fingerprint density at radius 1 is 0.507 bits per heavy atom. The standard InChI is InChI=1S/C63H52N2.C2H6/c1-2-18-58(29-16-21-49-19-8-5-9-20-49)64(60-41-32-55(33-42-60)51-24-12-6-13-25-51)61-47-38-57(39-48-61)53-28-17-30-59(40-31-53)65(63-45-36-56(37-46-63)52-26-14-7-15-27-52)62-43-34-54(35-44-62)50-22-10-3-4-11-23-50;1-2/h2-20,22,24-48,59H,1,21,23H2;1-2H3/b29-16-,58-18+;. The van der Waals surface area contributed by atoms with Crippen LogP contribution in [0.3, 0.4) is 0 Å². The molecule has 0 aliphatic heterocycles. The molecule has 0 aromatic heterocycles. The average molecular weight is 867 g/mol. The molecule has 0 saturated heterocycles. The molecule has 2 aliphatic rings. The summed E-state index contributed by atoms with van der Waals surface area (Å²) >= 11 is 0. The second-order valence-electron chi connectivity index (χ2n) is 16.1. The molecule has 0 heterocycles. The molecule has 0 saturated carbocycles. The third-order valence-electron chi connectivity index (χ3n) is 11.8. The molecular formula is C65H58N2. The molecule has 328 valence electrons. The highest BCUT2D eigenvalue weighted by atomic mass is 15.2. The third-order valence-corrected chi connectivity index (χ3v) is 11.8. The number of rotatable bonds is 14. The van der Waals surface area contributed by atoms with Crippen LogP contribution in [0.4, 0.5) is 22.7 Å². The summed E-state index contributed by atoms with van der Waals surface area (Å²) in [5.74, 6) is 0. The number of benzene rings is 7. The maximum Gasteiger partial charge on any atom is 0.0712 e. The molecule has 1 atom stereocenters. The van der Waals surface area contributed by atoms with Gasteiger partial charge in [0.2, 0.25) is 0 Å². The van der Waals surface area contributed by atoms with Crippen molar-refractivity contribution in [3.63, 3.8) is 0 Å². The zero-order valence-electron chi connectivity index (χ0n) is 38.6. The molecule has 0 spiro atoms. The largest absolute Gasteiger partial charge is 0.331 e. The van der Waals surface area contributed by atoms with Crippen LogP contribution in [0.15, 0.2) is 285 Å². The maximum absolute atomic E-state index is 4.11. The Kier molecular flexibility index (Phi) is 15.7. The zero-order valence-corrected chi connectivity index (χ0v) is 38.6. The van der Waals surface area contributed by atoms with Crippen LogP contribution >= 0.6 is 0 Å². The highest BCUT2D eigenvalue weighted by Gasteiger charge is 2.19. The molecule has 0 radical (unpaired) electrons. The van der Waals surface area contributed by atoms with E-state index in [1.807, 2.05) is 19.9 Å². The van der Waals surface area contributed by atoms with E-state index in [-0.39, 0.29) is 6.04 Å². The first kappa shape index (κ1) is 45.4. The molecule has 0 amide bonds. The fourth-order valence-electron chi connectivity index (χ4n) is 8.46. The number of anilines is 4. The van der Waals surface area contributed by atoms with Crippen molar-refractivity contribution in [2.45, 2.75) is 32.7 Å². The van der Waals surface area contributed by atoms with Gasteiger partial charge in [-0.15, -0.1) is 0 Å². The Hall–Kier alpha value is -8.20. The maximum atomic E-state index is 4.11. The summed E-state index contributed by atoms with van der Waals surface area (Å²) in [6, 6.07) is 67.3. The highest BCUT2D eigenvalue weighted by molar-refractivity contribution is 5.81. The first-order valence-corrected chi connectivity index (χ1v) is 23.4. The van der Waals surface area contributed by atoms with E-state index in [1.165, 1.54) is 39.0 Å². The van der Waals surface area contributed by atoms with E-state index in [2.05, 4.69) is 283 Å². The van der Waals surface area contributed by atoms with Gasteiger partial charge in [0.1, 0.15) is 0 Å². The van der Waals surface area contributed by atoms with Crippen LogP contribution in [-0.4, -0.2) is 6.04 Å². The van der Waals surface area contributed by atoms with Crippen molar-refractivity contribution < 1.29 is 0 Å². The Balaban J connectivity index is 0.00000300. The lowest BCUT2D eigenvalue weighted by atomic mass is 10.0. The van der Waals surface area contributed by atoms with Crippen LogP contribution < -0.4 is 9.80 Å². The van der Waals surface area contributed by atoms with Gasteiger partial charge in [-0.3, -0.25) is 0 Å². The normalized spacial score (nSPS) is 14.3. The summed E-state index contributed by atoms with van der Waals surface area (Å²) < 4.78 is 0. The molecule has 0 bridgehead atoms. The zero-order chi connectivity index (χ0) is 46.0. The summed E-state index contributed by atoms with van der Waals surface area (Å²) in [5, 5.41) is 0. The third kappa shape index (κ3) is 11.6. The van der Waals surface area contributed by atoms with Crippen molar-refractivity contribution in [2.24, 2.45) is 0 Å². The molecule has 7 aromatic carbocycles. The van der Waals surface area contributed by atoms with Crippen LogP contribution in [0, 0.1) is 0 Å². The van der Waals surface area contributed by atoms with E-state index in [0.29, 0.717) is 0 Å². The van der Waals surface area contributed by atoms with E-state index >= 15 is 0 Å². The van der Waals surface area contributed by atoms with Gasteiger partial charge in [-0.1, -0.05) is 233 Å². The number of nitrogens with zero attached hydrogens (tertiary/aromatic N) is 2. The topological polar surface area (TPSA) is 6.48 Å². The van der Waals surface area contributed by atoms with E-state index in [1.54, 1.807) is 0 Å². The number of allylic oxidation sites excluding steroid dienone is 14. The fourth-order valence-corrected chi connectivity index (χ4v) is 8.46. The van der Waals surface area contributed by atoms with Crippen molar-refractivity contribution in [2.75, 3.05) is 9.80 Å². The minimum absolute atomic E-state index is 0.0250. The van der Waals surface area contributed by atoms with Gasteiger partial charge in [0.15, 0.2) is 0 Å². The number of hydrogen-bond donors (Lipinski definition) is 0. The summed E-state index contributed by atoms with van der Waals surface area (Å²) in [6.07, 6.45) is 32.2. The second kappa shape index (κ2) is 23.1. The predicted molar refractivity (Wildman–Crippen MR) is 291 cm³/mol. The highest BCUT2D eigenvalue weighted by Crippen LogP contribution is 2.36. The summed E-state index contributed by atoms with van der Waals surface area (Å²) in [6.45, 7) is 8.11. The van der Waals surface area contributed by atoms with Crippen molar-refractivity contribution in [3.8, 4) is 22.3 Å². The molecule has 0 fully saturated rings. The van der Waals surface area contributed by atoms with Crippen LogP contribution in [0.1, 0.15) is 37.0 Å². The van der Waals surface area contributed by atoms with Crippen LogP contribution in [0.2, 0.25) is 0 Å². The summed E-state index contributed by atoms with van der Waals surface area (Å²) in [4.78, 5) is 4.73. The quantitative estimate of drug-likeness (QED) is 0.101. The lowest BCUT2D eigenvalue weighted by molar-refractivity contribution is 0.944. The van der Waals surface area contributed by atoms with E-state index in [0.717, 1.165) is 52.4 Å². The summed E-state index contributed by atoms with van der Waals surface area (Å²) in [5.41, 5.74) is 16.3. The lowest BCUT2D eigenvalue weighted by Crippen LogP contribution is -2.27. The van der Waals surface area contributed by atoms with E-state index in [9.17, 15) is 0 Å². The first-order valence-electron chi connectivity index (χ1n) is 23.4. The molecular weight excluding hydrogens is 809 g/mol. The van der Waals surface area contributed by atoms with Gasteiger partial charge in [-0.25, -0.2) is 0 Å². The number of hydrogen-bond acceptors (Lipinski definition) is 2. The molecule has 7 aromatic rings. The van der Waals surface area contributed by atoms with Crippen LogP contribution in [0.25, 0.3) is 33.4 Å². The van der Waals surface area contributed by atoms with Gasteiger partial charge in [-0.2, -0.15) is 0 Å². The van der Waals surface area contributed by atoms with Gasteiger partial charge in [0.25, 0.3) is 0 Å².